The summed E-state index contributed by atoms with van der Waals surface area (Å²) in [6.45, 7) is -0.266. The van der Waals surface area contributed by atoms with Crippen molar-refractivity contribution in [1.29, 1.82) is 0 Å². The van der Waals surface area contributed by atoms with E-state index in [0.29, 0.717) is 11.1 Å². The van der Waals surface area contributed by atoms with Crippen LogP contribution in [0.2, 0.25) is 0 Å². The minimum Gasteiger partial charge on any atom is -0.496 e. The van der Waals surface area contributed by atoms with Crippen molar-refractivity contribution in [3.63, 3.8) is 0 Å². The second-order valence-electron chi connectivity index (χ2n) is 6.88. The first-order valence-corrected chi connectivity index (χ1v) is 9.79. The average molecular weight is 501 g/mol. The van der Waals surface area contributed by atoms with Crippen LogP contribution in [0.15, 0.2) is 60.9 Å². The normalized spacial score (nSPS) is 12.5. The quantitative estimate of drug-likeness (QED) is 0.331. The molecule has 0 unspecified atom stereocenters. The molecule has 0 spiro atoms. The van der Waals surface area contributed by atoms with Crippen LogP contribution in [0, 0.1) is 0 Å². The standard InChI is InChI=1S/C22H17F6N3O4/c1-33-17-9-14(35-22(26,27)28)7-8-15(17)16-10-19(31-12-30-16)29-11-18(13-5-3-2-4-6-13)34-20(32)21(23,24)25/h2-10,12,18H,11H2,1H3,(H,29,30,31)/t18-/m0/s1. The van der Waals surface area contributed by atoms with E-state index in [1.807, 2.05) is 0 Å². The largest absolute Gasteiger partial charge is 0.573 e. The first-order valence-electron chi connectivity index (χ1n) is 9.79. The van der Waals surface area contributed by atoms with Crippen molar-refractivity contribution < 1.29 is 45.3 Å². The summed E-state index contributed by atoms with van der Waals surface area (Å²) in [6, 6.07) is 12.6. The third kappa shape index (κ3) is 7.22. The number of hydrogen-bond donors (Lipinski definition) is 1. The van der Waals surface area contributed by atoms with Gasteiger partial charge in [-0.2, -0.15) is 13.2 Å². The van der Waals surface area contributed by atoms with Gasteiger partial charge < -0.3 is 19.5 Å². The van der Waals surface area contributed by atoms with Crippen LogP contribution in [0.1, 0.15) is 11.7 Å². The number of benzene rings is 2. The van der Waals surface area contributed by atoms with Gasteiger partial charge in [0.2, 0.25) is 0 Å². The number of methoxy groups -OCH3 is 1. The second-order valence-corrected chi connectivity index (χ2v) is 6.88. The zero-order valence-electron chi connectivity index (χ0n) is 17.9. The van der Waals surface area contributed by atoms with Gasteiger partial charge in [0.15, 0.2) is 0 Å². The number of carbonyl (C=O) groups is 1. The molecule has 13 heteroatoms. The topological polar surface area (TPSA) is 82.6 Å². The summed E-state index contributed by atoms with van der Waals surface area (Å²) in [5, 5.41) is 2.78. The fourth-order valence-corrected chi connectivity index (χ4v) is 2.97. The Morgan fingerprint density at radius 1 is 1.00 bits per heavy atom. The van der Waals surface area contributed by atoms with E-state index in [4.69, 9.17) is 4.74 Å². The van der Waals surface area contributed by atoms with Crippen LogP contribution in [0.3, 0.4) is 0 Å². The van der Waals surface area contributed by atoms with Crippen LogP contribution in [-0.2, 0) is 9.53 Å². The summed E-state index contributed by atoms with van der Waals surface area (Å²) in [7, 11) is 1.25. The lowest BCUT2D eigenvalue weighted by molar-refractivity contribution is -0.274. The molecule has 1 atom stereocenters. The first-order chi connectivity index (χ1) is 16.5. The van der Waals surface area contributed by atoms with E-state index in [0.717, 1.165) is 18.5 Å². The molecule has 1 heterocycles. The van der Waals surface area contributed by atoms with E-state index >= 15 is 0 Å². The highest BCUT2D eigenvalue weighted by molar-refractivity contribution is 5.76. The van der Waals surface area contributed by atoms with Crippen LogP contribution < -0.4 is 14.8 Å². The number of nitrogens with one attached hydrogen (secondary N) is 1. The van der Waals surface area contributed by atoms with Gasteiger partial charge in [-0.05, 0) is 17.7 Å². The lowest BCUT2D eigenvalue weighted by atomic mass is 10.1. The summed E-state index contributed by atoms with van der Waals surface area (Å²) in [5.41, 5.74) is 0.853. The lowest BCUT2D eigenvalue weighted by Gasteiger charge is -2.20. The van der Waals surface area contributed by atoms with Gasteiger partial charge in [-0.15, -0.1) is 13.2 Å². The van der Waals surface area contributed by atoms with Gasteiger partial charge in [-0.25, -0.2) is 14.8 Å². The average Bonchev–Trinajstić information content (AvgIpc) is 2.80. The third-order valence-corrected chi connectivity index (χ3v) is 4.47. The Morgan fingerprint density at radius 2 is 1.71 bits per heavy atom. The molecule has 35 heavy (non-hydrogen) atoms. The molecule has 0 amide bonds. The summed E-state index contributed by atoms with van der Waals surface area (Å²) in [4.78, 5) is 19.4. The lowest BCUT2D eigenvalue weighted by Crippen LogP contribution is -2.29. The number of rotatable bonds is 8. The minimum absolute atomic E-state index is 0.0256. The van der Waals surface area contributed by atoms with Crippen molar-refractivity contribution in [2.75, 3.05) is 19.0 Å². The van der Waals surface area contributed by atoms with Crippen molar-refractivity contribution >= 4 is 11.8 Å². The third-order valence-electron chi connectivity index (χ3n) is 4.47. The van der Waals surface area contributed by atoms with Crippen LogP contribution in [0.25, 0.3) is 11.3 Å². The van der Waals surface area contributed by atoms with Crippen LogP contribution >= 0.6 is 0 Å². The Balaban J connectivity index is 1.81. The molecule has 0 aliphatic heterocycles. The summed E-state index contributed by atoms with van der Waals surface area (Å²) in [6.07, 6.45) is -10.2. The molecule has 186 valence electrons. The number of esters is 1. The molecular weight excluding hydrogens is 484 g/mol. The number of halogens is 6. The Hall–Kier alpha value is -4.03. The number of hydrogen-bond acceptors (Lipinski definition) is 7. The monoisotopic (exact) mass is 501 g/mol. The number of ether oxygens (including phenoxy) is 3. The Labute approximate surface area is 194 Å². The van der Waals surface area contributed by atoms with E-state index in [2.05, 4.69) is 24.8 Å². The van der Waals surface area contributed by atoms with E-state index in [1.165, 1.54) is 31.4 Å². The van der Waals surface area contributed by atoms with Crippen molar-refractivity contribution in [2.24, 2.45) is 0 Å². The van der Waals surface area contributed by atoms with Gasteiger partial charge in [0.1, 0.15) is 29.7 Å². The second kappa shape index (κ2) is 10.5. The zero-order chi connectivity index (χ0) is 25.6. The molecule has 2 aromatic carbocycles. The molecule has 3 aromatic rings. The molecule has 0 radical (unpaired) electrons. The Bertz CT molecular complexity index is 1160. The first kappa shape index (κ1) is 25.6. The number of anilines is 1. The van der Waals surface area contributed by atoms with Gasteiger partial charge in [0.25, 0.3) is 0 Å². The molecule has 0 aliphatic carbocycles. The predicted octanol–water partition coefficient (Wildman–Crippen LogP) is 5.31. The van der Waals surface area contributed by atoms with Gasteiger partial charge in [-0.3, -0.25) is 0 Å². The van der Waals surface area contributed by atoms with Crippen molar-refractivity contribution in [3.8, 4) is 22.8 Å². The maximum atomic E-state index is 12.7. The van der Waals surface area contributed by atoms with Crippen LogP contribution in [0.5, 0.6) is 11.5 Å². The molecule has 0 aliphatic rings. The molecule has 0 saturated carbocycles. The molecule has 1 aromatic heterocycles. The van der Waals surface area contributed by atoms with Gasteiger partial charge in [0.05, 0.1) is 19.3 Å². The fraction of sp³-hybridized carbons (Fsp3) is 0.227. The maximum absolute atomic E-state index is 12.7. The Morgan fingerprint density at radius 3 is 2.34 bits per heavy atom. The molecular formula is C22H17F6N3O4. The highest BCUT2D eigenvalue weighted by atomic mass is 19.4. The zero-order valence-corrected chi connectivity index (χ0v) is 17.9. The van der Waals surface area contributed by atoms with Crippen molar-refractivity contribution in [3.05, 3.63) is 66.5 Å². The van der Waals surface area contributed by atoms with Gasteiger partial charge >= 0.3 is 18.5 Å². The SMILES string of the molecule is COc1cc(OC(F)(F)F)ccc1-c1cc(NC[C@H](OC(=O)C(F)(F)F)c2ccccc2)ncn1. The van der Waals surface area contributed by atoms with E-state index < -0.39 is 30.4 Å². The molecule has 0 bridgehead atoms. The molecule has 0 saturated heterocycles. The van der Waals surface area contributed by atoms with Gasteiger partial charge in [0, 0.05) is 17.7 Å². The number of nitrogens with zero attached hydrogens (tertiary/aromatic N) is 2. The fourth-order valence-electron chi connectivity index (χ4n) is 2.97. The van der Waals surface area contributed by atoms with Crippen molar-refractivity contribution in [1.82, 2.24) is 9.97 Å². The number of carbonyl (C=O) groups excluding carboxylic acids is 1. The summed E-state index contributed by atoms with van der Waals surface area (Å²) < 4.78 is 89.3. The molecule has 0 fully saturated rings. The van der Waals surface area contributed by atoms with Gasteiger partial charge in [-0.1, -0.05) is 30.3 Å². The summed E-state index contributed by atoms with van der Waals surface area (Å²) >= 11 is 0. The number of aromatic nitrogens is 2. The van der Waals surface area contributed by atoms with Crippen molar-refractivity contribution in [2.45, 2.75) is 18.6 Å². The predicted molar refractivity (Wildman–Crippen MR) is 111 cm³/mol. The number of alkyl halides is 6. The molecule has 7 nitrogen and oxygen atoms in total. The van der Waals surface area contributed by atoms with E-state index in [9.17, 15) is 31.1 Å². The Kier molecular flexibility index (Phi) is 7.67. The molecule has 3 rings (SSSR count). The minimum atomic E-state index is -5.17. The van der Waals surface area contributed by atoms with Crippen LogP contribution in [0.4, 0.5) is 32.2 Å². The molecule has 1 N–H and O–H groups in total. The summed E-state index contributed by atoms with van der Waals surface area (Å²) in [5.74, 6) is -2.67. The van der Waals surface area contributed by atoms with E-state index in [-0.39, 0.29) is 23.8 Å². The smallest absolute Gasteiger partial charge is 0.496 e. The highest BCUT2D eigenvalue weighted by Crippen LogP contribution is 2.35. The maximum Gasteiger partial charge on any atom is 0.573 e. The highest BCUT2D eigenvalue weighted by Gasteiger charge is 2.42. The van der Waals surface area contributed by atoms with Crippen LogP contribution in [-0.4, -0.2) is 42.1 Å². The van der Waals surface area contributed by atoms with E-state index in [1.54, 1.807) is 18.2 Å².